The maximum absolute atomic E-state index is 10.4. The molecule has 0 spiro atoms. The Labute approximate surface area is 108 Å². The summed E-state index contributed by atoms with van der Waals surface area (Å²) >= 11 is 0. The van der Waals surface area contributed by atoms with Gasteiger partial charge in [0.1, 0.15) is 5.75 Å². The second kappa shape index (κ2) is 7.01. The highest BCUT2D eigenvalue weighted by atomic mass is 16.5. The molecule has 0 atom stereocenters. The molecule has 0 saturated carbocycles. The summed E-state index contributed by atoms with van der Waals surface area (Å²) in [6.07, 6.45) is 0.910. The molecule has 0 saturated heterocycles. The first-order chi connectivity index (χ1) is 8.52. The maximum atomic E-state index is 10.4. The van der Waals surface area contributed by atoms with Crippen LogP contribution in [0.5, 0.6) is 5.75 Å². The molecule has 0 unspecified atom stereocenters. The summed E-state index contributed by atoms with van der Waals surface area (Å²) in [5.41, 5.74) is 2.33. The fourth-order valence-corrected chi connectivity index (χ4v) is 1.93. The zero-order valence-electron chi connectivity index (χ0n) is 11.3. The third-order valence-corrected chi connectivity index (χ3v) is 2.84. The lowest BCUT2D eigenvalue weighted by Crippen LogP contribution is -2.19. The Kier molecular flexibility index (Phi) is 5.65. The predicted molar refractivity (Wildman–Crippen MR) is 70.9 cm³/mol. The Morgan fingerprint density at radius 2 is 2.17 bits per heavy atom. The number of ether oxygens (including phenoxy) is 1. The van der Waals surface area contributed by atoms with Crippen molar-refractivity contribution in [3.63, 3.8) is 0 Å². The Balaban J connectivity index is 2.46. The van der Waals surface area contributed by atoms with E-state index in [2.05, 4.69) is 11.0 Å². The summed E-state index contributed by atoms with van der Waals surface area (Å²) in [5.74, 6) is 0.163. The molecule has 4 nitrogen and oxygen atoms in total. The first kappa shape index (κ1) is 14.5. The Hall–Kier alpha value is -1.55. The molecule has 4 heteroatoms. The van der Waals surface area contributed by atoms with E-state index >= 15 is 0 Å². The molecule has 0 amide bonds. The van der Waals surface area contributed by atoms with Gasteiger partial charge in [0.15, 0.2) is 0 Å². The van der Waals surface area contributed by atoms with Crippen molar-refractivity contribution in [3.05, 3.63) is 29.3 Å². The van der Waals surface area contributed by atoms with Gasteiger partial charge in [-0.2, -0.15) is 0 Å². The van der Waals surface area contributed by atoms with Crippen molar-refractivity contribution in [3.8, 4) is 5.75 Å². The van der Waals surface area contributed by atoms with Crippen LogP contribution in [-0.2, 0) is 11.3 Å². The minimum absolute atomic E-state index is 0.228. The molecule has 0 aromatic heterocycles. The van der Waals surface area contributed by atoms with Crippen molar-refractivity contribution >= 4 is 5.97 Å². The van der Waals surface area contributed by atoms with Crippen LogP contribution in [0.2, 0.25) is 0 Å². The number of carboxylic acids is 1. The standard InChI is InChI=1S/C14H21NO3/c1-11-9-12(6-7-13(11)18-3)10-15(2)8-4-5-14(16)17/h6-7,9H,4-5,8,10H2,1-3H3,(H,16,17). The second-order valence-corrected chi connectivity index (χ2v) is 4.54. The summed E-state index contributed by atoms with van der Waals surface area (Å²) in [7, 11) is 3.67. The number of aryl methyl sites for hydroxylation is 1. The van der Waals surface area contributed by atoms with Gasteiger partial charge in [0, 0.05) is 13.0 Å². The summed E-state index contributed by atoms with van der Waals surface area (Å²) in [5, 5.41) is 8.58. The van der Waals surface area contributed by atoms with E-state index in [-0.39, 0.29) is 6.42 Å². The van der Waals surface area contributed by atoms with Gasteiger partial charge in [0.05, 0.1) is 7.11 Å². The predicted octanol–water partition coefficient (Wildman–Crippen LogP) is 2.30. The lowest BCUT2D eigenvalue weighted by molar-refractivity contribution is -0.137. The van der Waals surface area contributed by atoms with Crippen molar-refractivity contribution in [2.45, 2.75) is 26.3 Å². The SMILES string of the molecule is COc1ccc(CN(C)CCCC(=O)O)cc1C. The van der Waals surface area contributed by atoms with Gasteiger partial charge in [-0.1, -0.05) is 12.1 Å². The van der Waals surface area contributed by atoms with Gasteiger partial charge >= 0.3 is 5.97 Å². The van der Waals surface area contributed by atoms with Gasteiger partial charge in [-0.05, 0) is 44.1 Å². The average molecular weight is 251 g/mol. The van der Waals surface area contributed by atoms with Crippen LogP contribution in [0.4, 0.5) is 0 Å². The van der Waals surface area contributed by atoms with Crippen LogP contribution in [0.1, 0.15) is 24.0 Å². The number of hydrogen-bond donors (Lipinski definition) is 1. The van der Waals surface area contributed by atoms with E-state index in [0.29, 0.717) is 6.42 Å². The summed E-state index contributed by atoms with van der Waals surface area (Å²) in [6, 6.07) is 6.11. The molecule has 0 fully saturated rings. The number of aliphatic carboxylic acids is 1. The lowest BCUT2D eigenvalue weighted by atomic mass is 10.1. The van der Waals surface area contributed by atoms with E-state index in [0.717, 1.165) is 24.4 Å². The highest BCUT2D eigenvalue weighted by Gasteiger charge is 2.04. The summed E-state index contributed by atoms with van der Waals surface area (Å²) < 4.78 is 5.22. The van der Waals surface area contributed by atoms with E-state index in [4.69, 9.17) is 9.84 Å². The van der Waals surface area contributed by atoms with Gasteiger partial charge in [-0.3, -0.25) is 4.79 Å². The fourth-order valence-electron chi connectivity index (χ4n) is 1.93. The number of benzene rings is 1. The molecular formula is C14H21NO3. The Bertz CT molecular complexity index is 404. The summed E-state index contributed by atoms with van der Waals surface area (Å²) in [6.45, 7) is 3.63. The molecule has 0 heterocycles. The van der Waals surface area contributed by atoms with Crippen LogP contribution in [0.25, 0.3) is 0 Å². The zero-order chi connectivity index (χ0) is 13.5. The van der Waals surface area contributed by atoms with Gasteiger partial charge < -0.3 is 14.7 Å². The molecule has 100 valence electrons. The van der Waals surface area contributed by atoms with Gasteiger partial charge in [-0.25, -0.2) is 0 Å². The van der Waals surface area contributed by atoms with Crippen molar-refractivity contribution in [2.75, 3.05) is 20.7 Å². The molecule has 1 rings (SSSR count). The van der Waals surface area contributed by atoms with E-state index in [1.807, 2.05) is 26.1 Å². The minimum Gasteiger partial charge on any atom is -0.496 e. The quantitative estimate of drug-likeness (QED) is 0.808. The van der Waals surface area contributed by atoms with Crippen molar-refractivity contribution < 1.29 is 14.6 Å². The van der Waals surface area contributed by atoms with E-state index < -0.39 is 5.97 Å². The van der Waals surface area contributed by atoms with Crippen LogP contribution >= 0.6 is 0 Å². The first-order valence-corrected chi connectivity index (χ1v) is 6.06. The topological polar surface area (TPSA) is 49.8 Å². The largest absolute Gasteiger partial charge is 0.496 e. The monoisotopic (exact) mass is 251 g/mol. The van der Waals surface area contributed by atoms with E-state index in [1.54, 1.807) is 7.11 Å². The number of methoxy groups -OCH3 is 1. The highest BCUT2D eigenvalue weighted by molar-refractivity contribution is 5.66. The molecule has 0 aliphatic rings. The zero-order valence-corrected chi connectivity index (χ0v) is 11.3. The smallest absolute Gasteiger partial charge is 0.303 e. The molecule has 18 heavy (non-hydrogen) atoms. The Morgan fingerprint density at radius 3 is 2.72 bits per heavy atom. The van der Waals surface area contributed by atoms with Crippen molar-refractivity contribution in [2.24, 2.45) is 0 Å². The molecule has 0 bridgehead atoms. The number of nitrogens with zero attached hydrogens (tertiary/aromatic N) is 1. The van der Waals surface area contributed by atoms with Gasteiger partial charge in [0.25, 0.3) is 0 Å². The molecule has 0 radical (unpaired) electrons. The van der Waals surface area contributed by atoms with Crippen molar-refractivity contribution in [1.29, 1.82) is 0 Å². The van der Waals surface area contributed by atoms with Crippen LogP contribution in [0.3, 0.4) is 0 Å². The van der Waals surface area contributed by atoms with E-state index in [9.17, 15) is 4.79 Å². The number of carboxylic acid groups (broad SMARTS) is 1. The minimum atomic E-state index is -0.733. The molecule has 0 aliphatic heterocycles. The number of hydrogen-bond acceptors (Lipinski definition) is 3. The third kappa shape index (κ3) is 4.75. The number of carbonyl (C=O) groups is 1. The van der Waals surface area contributed by atoms with Gasteiger partial charge in [0.2, 0.25) is 0 Å². The lowest BCUT2D eigenvalue weighted by Gasteiger charge is -2.17. The molecule has 1 aromatic rings. The van der Waals surface area contributed by atoms with Crippen LogP contribution in [-0.4, -0.2) is 36.7 Å². The molecular weight excluding hydrogens is 230 g/mol. The van der Waals surface area contributed by atoms with Crippen molar-refractivity contribution in [1.82, 2.24) is 4.90 Å². The highest BCUT2D eigenvalue weighted by Crippen LogP contribution is 2.19. The molecule has 1 aromatic carbocycles. The molecule has 0 aliphatic carbocycles. The van der Waals surface area contributed by atoms with E-state index in [1.165, 1.54) is 5.56 Å². The van der Waals surface area contributed by atoms with Crippen LogP contribution < -0.4 is 4.74 Å². The second-order valence-electron chi connectivity index (χ2n) is 4.54. The normalized spacial score (nSPS) is 10.7. The first-order valence-electron chi connectivity index (χ1n) is 6.06. The third-order valence-electron chi connectivity index (χ3n) is 2.84. The van der Waals surface area contributed by atoms with Crippen LogP contribution in [0.15, 0.2) is 18.2 Å². The average Bonchev–Trinajstić information content (AvgIpc) is 2.28. The Morgan fingerprint density at radius 1 is 1.44 bits per heavy atom. The molecule has 1 N–H and O–H groups in total. The van der Waals surface area contributed by atoms with Crippen LogP contribution in [0, 0.1) is 6.92 Å². The van der Waals surface area contributed by atoms with Gasteiger partial charge in [-0.15, -0.1) is 0 Å². The number of rotatable bonds is 7. The maximum Gasteiger partial charge on any atom is 0.303 e. The summed E-state index contributed by atoms with van der Waals surface area (Å²) in [4.78, 5) is 12.6. The fraction of sp³-hybridized carbons (Fsp3) is 0.500.